The molecule has 0 saturated carbocycles. The van der Waals surface area contributed by atoms with Gasteiger partial charge in [0.1, 0.15) is 5.60 Å². The predicted octanol–water partition coefficient (Wildman–Crippen LogP) is 3.42. The van der Waals surface area contributed by atoms with E-state index in [9.17, 15) is 4.79 Å². The van der Waals surface area contributed by atoms with Gasteiger partial charge in [0.25, 0.3) is 8.32 Å². The Morgan fingerprint density at radius 3 is 1.77 bits per heavy atom. The number of carbonyl (C=O) groups is 1. The molecule has 0 heterocycles. The maximum atomic E-state index is 12.2. The quantitative estimate of drug-likeness (QED) is 0.663. The summed E-state index contributed by atoms with van der Waals surface area (Å²) in [5, 5.41) is 5.03. The monoisotopic (exact) mass is 428 g/mol. The molecule has 6 heteroatoms. The summed E-state index contributed by atoms with van der Waals surface area (Å²) >= 11 is 0. The molecular weight excluding hydrogens is 392 g/mol. The topological polar surface area (TPSA) is 73.6 Å². The normalized spacial score (nSPS) is 13.6. The van der Waals surface area contributed by atoms with Gasteiger partial charge in [0, 0.05) is 13.1 Å². The summed E-state index contributed by atoms with van der Waals surface area (Å²) in [4.78, 5) is 12.2. The van der Waals surface area contributed by atoms with Gasteiger partial charge in [-0.2, -0.15) is 0 Å². The van der Waals surface area contributed by atoms with Gasteiger partial charge in [-0.05, 0) is 36.2 Å². The smallest absolute Gasteiger partial charge is 0.407 e. The van der Waals surface area contributed by atoms with E-state index in [0.717, 1.165) is 0 Å². The largest absolute Gasteiger partial charge is 0.444 e. The number of nitrogens with one attached hydrogen (secondary N) is 1. The van der Waals surface area contributed by atoms with Crippen LogP contribution in [0.15, 0.2) is 60.7 Å². The second kappa shape index (κ2) is 9.77. The molecule has 0 aliphatic heterocycles. The number of hydrogen-bond acceptors (Lipinski definition) is 4. The summed E-state index contributed by atoms with van der Waals surface area (Å²) in [6.07, 6.45) is -0.809. The lowest BCUT2D eigenvalue weighted by molar-refractivity contribution is 0.0500. The zero-order valence-corrected chi connectivity index (χ0v) is 20.1. The fourth-order valence-electron chi connectivity index (χ4n) is 3.63. The number of rotatable bonds is 7. The van der Waals surface area contributed by atoms with Crippen LogP contribution in [0.25, 0.3) is 0 Å². The first kappa shape index (κ1) is 24.1. The molecule has 0 saturated heterocycles. The van der Waals surface area contributed by atoms with Crippen molar-refractivity contribution in [3.05, 3.63) is 60.7 Å². The van der Waals surface area contributed by atoms with Crippen LogP contribution in [0.4, 0.5) is 4.79 Å². The highest BCUT2D eigenvalue weighted by molar-refractivity contribution is 6.99. The molecule has 0 fully saturated rings. The third kappa shape index (κ3) is 5.94. The van der Waals surface area contributed by atoms with Crippen LogP contribution in [-0.2, 0) is 9.16 Å². The Hall–Kier alpha value is -2.15. The highest BCUT2D eigenvalue weighted by atomic mass is 28.4. The van der Waals surface area contributed by atoms with Gasteiger partial charge in [-0.3, -0.25) is 0 Å². The maximum Gasteiger partial charge on any atom is 0.407 e. The van der Waals surface area contributed by atoms with Crippen LogP contribution in [0.2, 0.25) is 5.04 Å². The van der Waals surface area contributed by atoms with E-state index in [0.29, 0.717) is 6.54 Å². The Morgan fingerprint density at radius 1 is 0.933 bits per heavy atom. The molecule has 0 unspecified atom stereocenters. The molecule has 1 amide bonds. The summed E-state index contributed by atoms with van der Waals surface area (Å²) in [5.74, 6) is 0. The molecule has 0 radical (unpaired) electrons. The summed E-state index contributed by atoms with van der Waals surface area (Å²) in [7, 11) is -2.72. The third-order valence-corrected chi connectivity index (χ3v) is 9.99. The van der Waals surface area contributed by atoms with Gasteiger partial charge in [0.05, 0.1) is 6.10 Å². The zero-order chi connectivity index (χ0) is 22.4. The molecule has 164 valence electrons. The van der Waals surface area contributed by atoms with Gasteiger partial charge in [0.2, 0.25) is 0 Å². The van der Waals surface area contributed by atoms with Gasteiger partial charge in [-0.25, -0.2) is 4.79 Å². The lowest BCUT2D eigenvalue weighted by Gasteiger charge is -2.45. The van der Waals surface area contributed by atoms with Crippen molar-refractivity contribution >= 4 is 24.8 Å². The molecule has 2 rings (SSSR count). The Balaban J connectivity index is 2.40. The summed E-state index contributed by atoms with van der Waals surface area (Å²) in [6, 6.07) is 20.8. The van der Waals surface area contributed by atoms with Crippen molar-refractivity contribution in [2.75, 3.05) is 13.1 Å². The molecule has 0 aromatic heterocycles. The third-order valence-electron chi connectivity index (χ3n) is 4.90. The molecule has 0 spiro atoms. The minimum Gasteiger partial charge on any atom is -0.444 e. The lowest BCUT2D eigenvalue weighted by Crippen LogP contribution is -2.68. The number of nitrogens with two attached hydrogens (primary N) is 1. The molecule has 2 aromatic carbocycles. The SMILES string of the molecule is CC(C)(C)OC(=O)NC[C@@H](CN)O[Si](c1ccccc1)(c1ccccc1)C(C)(C)C. The fraction of sp³-hybridized carbons (Fsp3) is 0.458. The Kier molecular flexibility index (Phi) is 7.85. The number of ether oxygens (including phenoxy) is 1. The molecular formula is C24H36N2O3Si. The molecule has 5 nitrogen and oxygen atoms in total. The van der Waals surface area contributed by atoms with Gasteiger partial charge in [-0.15, -0.1) is 0 Å². The number of benzene rings is 2. The van der Waals surface area contributed by atoms with E-state index in [-0.39, 0.29) is 17.7 Å². The zero-order valence-electron chi connectivity index (χ0n) is 19.1. The number of hydrogen-bond donors (Lipinski definition) is 2. The van der Waals surface area contributed by atoms with Crippen molar-refractivity contribution < 1.29 is 14.0 Å². The van der Waals surface area contributed by atoms with Gasteiger partial charge >= 0.3 is 6.09 Å². The van der Waals surface area contributed by atoms with Crippen molar-refractivity contribution in [2.45, 2.75) is 58.3 Å². The van der Waals surface area contributed by atoms with Crippen LogP contribution in [0, 0.1) is 0 Å². The summed E-state index contributed by atoms with van der Waals surface area (Å²) in [6.45, 7) is 12.7. The standard InChI is InChI=1S/C24H36N2O3Si/c1-23(2,3)28-22(27)26-18-19(17-25)29-30(24(4,5)6,20-13-9-7-10-14-20)21-15-11-8-12-16-21/h7-16,19H,17-18,25H2,1-6H3,(H,26,27)/t19-/m1/s1. The Morgan fingerprint density at radius 2 is 1.40 bits per heavy atom. The average molecular weight is 429 g/mol. The second-order valence-electron chi connectivity index (χ2n) is 9.52. The average Bonchev–Trinajstić information content (AvgIpc) is 2.67. The van der Waals surface area contributed by atoms with E-state index >= 15 is 0 Å². The summed E-state index contributed by atoms with van der Waals surface area (Å²) < 4.78 is 12.3. The minimum atomic E-state index is -2.72. The minimum absolute atomic E-state index is 0.158. The van der Waals surface area contributed by atoms with E-state index in [1.54, 1.807) is 0 Å². The molecule has 0 bridgehead atoms. The highest BCUT2D eigenvalue weighted by Crippen LogP contribution is 2.37. The fourth-order valence-corrected chi connectivity index (χ4v) is 8.32. The van der Waals surface area contributed by atoms with Crippen molar-refractivity contribution in [1.29, 1.82) is 0 Å². The van der Waals surface area contributed by atoms with Crippen LogP contribution in [0.5, 0.6) is 0 Å². The van der Waals surface area contributed by atoms with E-state index in [1.165, 1.54) is 10.4 Å². The molecule has 0 aliphatic rings. The predicted molar refractivity (Wildman–Crippen MR) is 126 cm³/mol. The van der Waals surface area contributed by atoms with E-state index in [1.807, 2.05) is 57.2 Å². The first-order chi connectivity index (χ1) is 14.0. The van der Waals surface area contributed by atoms with E-state index in [4.69, 9.17) is 14.9 Å². The number of carbonyl (C=O) groups excluding carboxylic acids is 1. The highest BCUT2D eigenvalue weighted by Gasteiger charge is 2.51. The Bertz CT molecular complexity index is 759. The molecule has 2 aromatic rings. The molecule has 3 N–H and O–H groups in total. The summed E-state index contributed by atoms with van der Waals surface area (Å²) in [5.41, 5.74) is 5.54. The van der Waals surface area contributed by atoms with Crippen molar-refractivity contribution in [2.24, 2.45) is 5.73 Å². The van der Waals surface area contributed by atoms with Crippen LogP contribution in [-0.4, -0.2) is 39.2 Å². The Labute approximate surface area is 182 Å². The first-order valence-electron chi connectivity index (χ1n) is 10.5. The lowest BCUT2D eigenvalue weighted by atomic mass is 10.2. The number of alkyl carbamates (subject to hydrolysis) is 1. The van der Waals surface area contributed by atoms with Crippen LogP contribution in [0.3, 0.4) is 0 Å². The first-order valence-corrected chi connectivity index (χ1v) is 12.4. The maximum absolute atomic E-state index is 12.2. The second-order valence-corrected chi connectivity index (χ2v) is 13.8. The van der Waals surface area contributed by atoms with E-state index in [2.05, 4.69) is 50.4 Å². The van der Waals surface area contributed by atoms with E-state index < -0.39 is 20.0 Å². The van der Waals surface area contributed by atoms with Crippen LogP contribution in [0.1, 0.15) is 41.5 Å². The molecule has 30 heavy (non-hydrogen) atoms. The molecule has 0 aliphatic carbocycles. The molecule has 1 atom stereocenters. The van der Waals surface area contributed by atoms with Gasteiger partial charge in [0.15, 0.2) is 0 Å². The van der Waals surface area contributed by atoms with Crippen molar-refractivity contribution in [1.82, 2.24) is 5.32 Å². The number of amides is 1. The van der Waals surface area contributed by atoms with Gasteiger partial charge < -0.3 is 20.2 Å². The van der Waals surface area contributed by atoms with Crippen molar-refractivity contribution in [3.63, 3.8) is 0 Å². The van der Waals surface area contributed by atoms with Crippen molar-refractivity contribution in [3.8, 4) is 0 Å². The van der Waals surface area contributed by atoms with Crippen LogP contribution < -0.4 is 21.4 Å². The van der Waals surface area contributed by atoms with Crippen LogP contribution >= 0.6 is 0 Å². The van der Waals surface area contributed by atoms with Gasteiger partial charge in [-0.1, -0.05) is 81.4 Å².